The molecule has 2 N–H and O–H groups in total. The number of benzene rings is 2. The first-order chi connectivity index (χ1) is 18.1. The predicted octanol–water partition coefficient (Wildman–Crippen LogP) is 6.21. The van der Waals surface area contributed by atoms with Crippen molar-refractivity contribution in [3.8, 4) is 17.1 Å². The first-order valence-electron chi connectivity index (χ1n) is 11.4. The Labute approximate surface area is 235 Å². The molecule has 196 valence electrons. The molecule has 0 saturated carbocycles. The van der Waals surface area contributed by atoms with E-state index in [2.05, 4.69) is 15.0 Å². The molecular weight excluding hydrogens is 567 g/mol. The molecule has 4 aromatic rings. The van der Waals surface area contributed by atoms with E-state index in [0.29, 0.717) is 43.8 Å². The molecule has 1 fully saturated rings. The molecule has 1 aliphatic heterocycles. The molecule has 5 rings (SSSR count). The van der Waals surface area contributed by atoms with E-state index in [9.17, 15) is 8.42 Å². The van der Waals surface area contributed by atoms with Crippen LogP contribution in [0.4, 0.5) is 11.4 Å². The molecule has 0 radical (unpaired) electrons. The summed E-state index contributed by atoms with van der Waals surface area (Å²) in [6, 6.07) is 19.1. The summed E-state index contributed by atoms with van der Waals surface area (Å²) >= 11 is 18.1. The lowest BCUT2D eigenvalue weighted by Gasteiger charge is -2.27. The first-order valence-corrected chi connectivity index (χ1v) is 14.4. The number of aromatic nitrogens is 1. The summed E-state index contributed by atoms with van der Waals surface area (Å²) in [7, 11) is -2.03. The Morgan fingerprint density at radius 3 is 2.58 bits per heavy atom. The van der Waals surface area contributed by atoms with Gasteiger partial charge in [0.2, 0.25) is 10.0 Å². The second-order valence-corrected chi connectivity index (χ2v) is 11.5. The van der Waals surface area contributed by atoms with Crippen molar-refractivity contribution in [2.75, 3.05) is 23.0 Å². The Balaban J connectivity index is 1.59. The van der Waals surface area contributed by atoms with Crippen LogP contribution in [0, 0.1) is 0 Å². The van der Waals surface area contributed by atoms with Crippen molar-refractivity contribution in [2.24, 2.45) is 0 Å². The third kappa shape index (κ3) is 5.30. The Bertz CT molecular complexity index is 1610. The van der Waals surface area contributed by atoms with Gasteiger partial charge in [0.1, 0.15) is 23.3 Å². The number of anilines is 2. The molecule has 3 heterocycles. The van der Waals surface area contributed by atoms with E-state index in [-0.39, 0.29) is 6.04 Å². The quantitative estimate of drug-likeness (QED) is 0.246. The maximum Gasteiger partial charge on any atom is 0.229 e. The average molecular weight is 590 g/mol. The smallest absolute Gasteiger partial charge is 0.229 e. The van der Waals surface area contributed by atoms with Gasteiger partial charge in [0, 0.05) is 23.5 Å². The summed E-state index contributed by atoms with van der Waals surface area (Å²) < 4.78 is 37.9. The molecule has 8 nitrogen and oxygen atoms in total. The minimum Gasteiger partial charge on any atom is -0.494 e. The number of hydrogen-bond donors (Lipinski definition) is 2. The van der Waals surface area contributed by atoms with Crippen molar-refractivity contribution >= 4 is 61.9 Å². The lowest BCUT2D eigenvalue weighted by molar-refractivity contribution is 0.416. The second-order valence-electron chi connectivity index (χ2n) is 8.59. The third-order valence-corrected chi connectivity index (χ3v) is 7.62. The number of furan rings is 1. The summed E-state index contributed by atoms with van der Waals surface area (Å²) in [6.07, 6.45) is 2.80. The van der Waals surface area contributed by atoms with Gasteiger partial charge in [-0.2, -0.15) is 0 Å². The molecule has 2 aromatic heterocycles. The van der Waals surface area contributed by atoms with Gasteiger partial charge in [-0.25, -0.2) is 8.42 Å². The largest absolute Gasteiger partial charge is 0.494 e. The van der Waals surface area contributed by atoms with Crippen LogP contribution in [0.5, 0.6) is 5.75 Å². The van der Waals surface area contributed by atoms with Crippen molar-refractivity contribution in [1.82, 2.24) is 10.3 Å². The van der Waals surface area contributed by atoms with E-state index in [1.807, 2.05) is 41.3 Å². The van der Waals surface area contributed by atoms with E-state index in [1.54, 1.807) is 36.5 Å². The molecule has 1 saturated heterocycles. The van der Waals surface area contributed by atoms with E-state index in [4.69, 9.17) is 44.6 Å². The van der Waals surface area contributed by atoms with Gasteiger partial charge in [0.05, 0.1) is 40.8 Å². The topological polar surface area (TPSA) is 96.7 Å². The Morgan fingerprint density at radius 2 is 1.89 bits per heavy atom. The Hall–Kier alpha value is -3.31. The number of halogens is 2. The maximum atomic E-state index is 11.8. The zero-order chi connectivity index (χ0) is 27.0. The van der Waals surface area contributed by atoms with Crippen LogP contribution in [0.15, 0.2) is 77.3 Å². The number of rotatable bonds is 7. The van der Waals surface area contributed by atoms with Crippen molar-refractivity contribution in [3.05, 3.63) is 94.4 Å². The van der Waals surface area contributed by atoms with Crippen LogP contribution < -0.4 is 19.7 Å². The monoisotopic (exact) mass is 588 g/mol. The lowest BCUT2D eigenvalue weighted by Crippen LogP contribution is -2.29. The Kier molecular flexibility index (Phi) is 7.23. The number of nitrogens with one attached hydrogen (secondary N) is 2. The van der Waals surface area contributed by atoms with Crippen LogP contribution in [-0.2, 0) is 10.0 Å². The summed E-state index contributed by atoms with van der Waals surface area (Å²) in [4.78, 5) is 6.45. The van der Waals surface area contributed by atoms with Gasteiger partial charge in [0.25, 0.3) is 0 Å². The van der Waals surface area contributed by atoms with Gasteiger partial charge in [0.15, 0.2) is 5.11 Å². The highest BCUT2D eigenvalue weighted by atomic mass is 35.5. The van der Waals surface area contributed by atoms with Crippen LogP contribution in [0.3, 0.4) is 0 Å². The van der Waals surface area contributed by atoms with E-state index in [1.165, 1.54) is 7.11 Å². The van der Waals surface area contributed by atoms with Gasteiger partial charge < -0.3 is 19.4 Å². The Morgan fingerprint density at radius 1 is 1.08 bits per heavy atom. The minimum atomic E-state index is -3.50. The fourth-order valence-electron chi connectivity index (χ4n) is 4.35. The highest BCUT2D eigenvalue weighted by molar-refractivity contribution is 7.92. The van der Waals surface area contributed by atoms with Crippen molar-refractivity contribution in [2.45, 2.75) is 12.1 Å². The molecule has 0 spiro atoms. The van der Waals surface area contributed by atoms with Gasteiger partial charge in [-0.1, -0.05) is 29.3 Å². The molecular formula is C26H22Cl2N4O4S2. The van der Waals surface area contributed by atoms with Crippen LogP contribution >= 0.6 is 35.4 Å². The number of methoxy groups -OCH3 is 1. The normalized spacial score (nSPS) is 17.4. The molecule has 12 heteroatoms. The molecule has 2 atom stereocenters. The minimum absolute atomic E-state index is 0.314. The molecule has 0 amide bonds. The number of nitrogens with zero attached hydrogens (tertiary/aromatic N) is 2. The van der Waals surface area contributed by atoms with Crippen molar-refractivity contribution in [3.63, 3.8) is 0 Å². The number of thiocarbonyl (C=S) groups is 1. The zero-order valence-corrected chi connectivity index (χ0v) is 23.3. The first kappa shape index (κ1) is 26.3. The highest BCUT2D eigenvalue weighted by Crippen LogP contribution is 2.44. The van der Waals surface area contributed by atoms with Gasteiger partial charge in [-0.05, 0) is 66.8 Å². The molecule has 1 aliphatic rings. The number of hydrogen-bond acceptors (Lipinski definition) is 6. The highest BCUT2D eigenvalue weighted by Gasteiger charge is 2.42. The molecule has 0 aliphatic carbocycles. The number of pyridine rings is 1. The molecule has 2 aromatic carbocycles. The van der Waals surface area contributed by atoms with Crippen molar-refractivity contribution in [1.29, 1.82) is 0 Å². The molecule has 38 heavy (non-hydrogen) atoms. The van der Waals surface area contributed by atoms with E-state index >= 15 is 0 Å². The standard InChI is InChI=1S/C26H22Cl2N4O4S2/c1-35-23-14-16(7-9-19(23)31-38(2,33)34)32-25(24(30-26(32)37)20-5-3-4-12-29-20)22-11-10-21(36-22)15-6-8-17(27)18(28)13-15/h3-14,24-25,31H,1-2H3,(H,30,37)/t24-,25+/m0/s1. The number of ether oxygens (including phenoxy) is 1. The van der Waals surface area contributed by atoms with Crippen LogP contribution in [0.25, 0.3) is 11.3 Å². The van der Waals surface area contributed by atoms with Gasteiger partial charge in [-0.15, -0.1) is 0 Å². The van der Waals surface area contributed by atoms with Crippen LogP contribution in [0.2, 0.25) is 10.0 Å². The van der Waals surface area contributed by atoms with Gasteiger partial charge >= 0.3 is 0 Å². The summed E-state index contributed by atoms with van der Waals surface area (Å²) in [6.45, 7) is 0. The summed E-state index contributed by atoms with van der Waals surface area (Å²) in [5.41, 5.74) is 2.54. The SMILES string of the molecule is COc1cc(N2C(=S)N[C@@H](c3ccccn3)[C@H]2c2ccc(-c3ccc(Cl)c(Cl)c3)o2)ccc1NS(C)(=O)=O. The molecule has 0 bridgehead atoms. The zero-order valence-electron chi connectivity index (χ0n) is 20.2. The number of sulfonamides is 1. The van der Waals surface area contributed by atoms with E-state index in [0.717, 1.165) is 17.5 Å². The fourth-order valence-corrected chi connectivity index (χ4v) is 5.56. The third-order valence-electron chi connectivity index (χ3n) is 5.98. The lowest BCUT2D eigenvalue weighted by atomic mass is 10.0. The van der Waals surface area contributed by atoms with Gasteiger partial charge in [-0.3, -0.25) is 9.71 Å². The molecule has 0 unspecified atom stereocenters. The maximum absolute atomic E-state index is 11.8. The summed E-state index contributed by atoms with van der Waals surface area (Å²) in [5, 5.41) is 4.70. The fraction of sp³-hybridized carbons (Fsp3) is 0.154. The van der Waals surface area contributed by atoms with Crippen LogP contribution in [0.1, 0.15) is 23.5 Å². The van der Waals surface area contributed by atoms with Crippen LogP contribution in [-0.4, -0.2) is 31.9 Å². The average Bonchev–Trinajstić information content (AvgIpc) is 3.50. The second kappa shape index (κ2) is 10.5. The summed E-state index contributed by atoms with van der Waals surface area (Å²) in [5.74, 6) is 1.58. The predicted molar refractivity (Wildman–Crippen MR) is 154 cm³/mol. The van der Waals surface area contributed by atoms with Crippen molar-refractivity contribution < 1.29 is 17.6 Å². The van der Waals surface area contributed by atoms with E-state index < -0.39 is 16.1 Å².